The average molecular weight is 307 g/mol. The molecule has 1 atom stereocenters. The van der Waals surface area contributed by atoms with Crippen molar-refractivity contribution in [3.05, 3.63) is 0 Å². The van der Waals surface area contributed by atoms with Gasteiger partial charge >= 0.3 is 5.97 Å². The quantitative estimate of drug-likeness (QED) is 0.767. The highest BCUT2D eigenvalue weighted by Gasteiger charge is 2.54. The Morgan fingerprint density at radius 1 is 1.14 bits per heavy atom. The predicted octanol–water partition coefficient (Wildman–Crippen LogP) is 3.05. The van der Waals surface area contributed by atoms with Crippen LogP contribution in [0, 0.1) is 23.2 Å². The van der Waals surface area contributed by atoms with Gasteiger partial charge in [-0.1, -0.05) is 19.8 Å². The molecule has 0 radical (unpaired) electrons. The zero-order valence-electron chi connectivity index (χ0n) is 13.9. The van der Waals surface area contributed by atoms with Crippen LogP contribution in [-0.4, -0.2) is 25.0 Å². The lowest BCUT2D eigenvalue weighted by Crippen LogP contribution is -2.56. The Balaban J connectivity index is 1.68. The maximum Gasteiger partial charge on any atom is 0.328 e. The Bertz CT molecular complexity index is 410. The number of rotatable bonds is 6. The Hall–Kier alpha value is -1.06. The molecule has 0 aromatic rings. The van der Waals surface area contributed by atoms with Crippen molar-refractivity contribution in [2.24, 2.45) is 23.2 Å². The first-order valence-electron chi connectivity index (χ1n) is 8.95. The zero-order chi connectivity index (χ0) is 15.7. The highest BCUT2D eigenvalue weighted by atomic mass is 16.5. The van der Waals surface area contributed by atoms with Crippen LogP contribution in [0.2, 0.25) is 0 Å². The van der Waals surface area contributed by atoms with Gasteiger partial charge in [0.25, 0.3) is 0 Å². The Labute approximate surface area is 133 Å². The third kappa shape index (κ3) is 2.89. The van der Waals surface area contributed by atoms with E-state index in [4.69, 9.17) is 4.74 Å². The fourth-order valence-electron chi connectivity index (χ4n) is 5.50. The van der Waals surface area contributed by atoms with Crippen LogP contribution in [0.15, 0.2) is 0 Å². The Morgan fingerprint density at radius 3 is 2.14 bits per heavy atom. The van der Waals surface area contributed by atoms with Gasteiger partial charge in [-0.25, -0.2) is 4.79 Å². The first kappa shape index (κ1) is 15.8. The third-order valence-electron chi connectivity index (χ3n) is 6.16. The lowest BCUT2D eigenvalue weighted by Gasteiger charge is -2.55. The van der Waals surface area contributed by atoms with E-state index in [1.54, 1.807) is 0 Å². The highest BCUT2D eigenvalue weighted by molar-refractivity contribution is 5.88. The van der Waals surface area contributed by atoms with Crippen LogP contribution in [0.4, 0.5) is 0 Å². The van der Waals surface area contributed by atoms with Gasteiger partial charge in [0.2, 0.25) is 5.91 Å². The lowest BCUT2D eigenvalue weighted by molar-refractivity contribution is -0.153. The van der Waals surface area contributed by atoms with E-state index in [1.807, 2.05) is 0 Å². The fraction of sp³-hybridized carbons (Fsp3) is 0.889. The summed E-state index contributed by atoms with van der Waals surface area (Å²) in [5, 5.41) is 3.05. The molecule has 4 fully saturated rings. The molecule has 4 bridgehead atoms. The molecular formula is C18H29NO3. The molecule has 1 amide bonds. The molecule has 4 saturated carbocycles. The van der Waals surface area contributed by atoms with Crippen molar-refractivity contribution in [1.29, 1.82) is 0 Å². The van der Waals surface area contributed by atoms with Gasteiger partial charge in [0, 0.05) is 5.41 Å². The number of hydrogen-bond acceptors (Lipinski definition) is 3. The summed E-state index contributed by atoms with van der Waals surface area (Å²) in [7, 11) is 1.40. The number of nitrogens with one attached hydrogen (secondary N) is 1. The molecule has 4 aliphatic carbocycles. The SMILES string of the molecule is CCCC[C@H](NC(=O)C12CC3CC(CC(C3)C1)C2)C(=O)OC. The fourth-order valence-corrected chi connectivity index (χ4v) is 5.50. The maximum atomic E-state index is 13.0. The van der Waals surface area contributed by atoms with Crippen molar-refractivity contribution in [3.8, 4) is 0 Å². The maximum absolute atomic E-state index is 13.0. The Morgan fingerprint density at radius 2 is 1.68 bits per heavy atom. The molecule has 22 heavy (non-hydrogen) atoms. The second-order valence-corrected chi connectivity index (χ2v) is 7.89. The summed E-state index contributed by atoms with van der Waals surface area (Å²) in [6.07, 6.45) is 9.70. The summed E-state index contributed by atoms with van der Waals surface area (Å²) < 4.78 is 4.88. The smallest absolute Gasteiger partial charge is 0.328 e. The first-order chi connectivity index (χ1) is 10.6. The second-order valence-electron chi connectivity index (χ2n) is 7.89. The van der Waals surface area contributed by atoms with Crippen molar-refractivity contribution < 1.29 is 14.3 Å². The van der Waals surface area contributed by atoms with Gasteiger partial charge in [0.1, 0.15) is 6.04 Å². The zero-order valence-corrected chi connectivity index (χ0v) is 13.9. The lowest BCUT2D eigenvalue weighted by atomic mass is 9.49. The van der Waals surface area contributed by atoms with Crippen LogP contribution >= 0.6 is 0 Å². The van der Waals surface area contributed by atoms with Crippen molar-refractivity contribution in [2.75, 3.05) is 7.11 Å². The van der Waals surface area contributed by atoms with E-state index in [1.165, 1.54) is 26.4 Å². The van der Waals surface area contributed by atoms with Gasteiger partial charge in [0.05, 0.1) is 7.11 Å². The van der Waals surface area contributed by atoms with Gasteiger partial charge < -0.3 is 10.1 Å². The minimum atomic E-state index is -0.467. The van der Waals surface area contributed by atoms with Crippen LogP contribution in [0.5, 0.6) is 0 Å². The van der Waals surface area contributed by atoms with Gasteiger partial charge in [-0.3, -0.25) is 4.79 Å². The molecule has 0 aromatic carbocycles. The number of amides is 1. The summed E-state index contributed by atoms with van der Waals surface area (Å²) in [6.45, 7) is 2.09. The average Bonchev–Trinajstić information content (AvgIpc) is 2.49. The van der Waals surface area contributed by atoms with Crippen molar-refractivity contribution >= 4 is 11.9 Å². The number of unbranched alkanes of at least 4 members (excludes halogenated alkanes) is 1. The molecule has 0 unspecified atom stereocenters. The van der Waals surface area contributed by atoms with Crippen LogP contribution in [0.25, 0.3) is 0 Å². The number of esters is 1. The number of carbonyl (C=O) groups is 2. The van der Waals surface area contributed by atoms with E-state index in [9.17, 15) is 9.59 Å². The van der Waals surface area contributed by atoms with E-state index >= 15 is 0 Å². The van der Waals surface area contributed by atoms with Crippen molar-refractivity contribution in [1.82, 2.24) is 5.32 Å². The standard InChI is InChI=1S/C18H29NO3/c1-3-4-5-15(16(20)22-2)19-17(21)18-9-12-6-13(10-18)8-14(7-12)11-18/h12-15H,3-11H2,1-2H3,(H,19,21)/t12?,13?,14?,15-,18?/m0/s1. The van der Waals surface area contributed by atoms with E-state index in [2.05, 4.69) is 12.2 Å². The Kier molecular flexibility index (Phi) is 4.47. The summed E-state index contributed by atoms with van der Waals surface area (Å²) in [5.74, 6) is 2.04. The third-order valence-corrected chi connectivity index (χ3v) is 6.16. The molecule has 0 aromatic heterocycles. The summed E-state index contributed by atoms with van der Waals surface area (Å²) >= 11 is 0. The van der Waals surface area contributed by atoms with Crippen LogP contribution < -0.4 is 5.32 Å². The molecule has 0 heterocycles. The normalized spacial score (nSPS) is 36.9. The molecule has 4 aliphatic rings. The molecular weight excluding hydrogens is 278 g/mol. The van der Waals surface area contributed by atoms with E-state index < -0.39 is 6.04 Å². The van der Waals surface area contributed by atoms with Crippen molar-refractivity contribution in [2.45, 2.75) is 70.8 Å². The largest absolute Gasteiger partial charge is 0.467 e. The molecule has 0 saturated heterocycles. The van der Waals surface area contributed by atoms with Crippen LogP contribution in [-0.2, 0) is 14.3 Å². The monoisotopic (exact) mass is 307 g/mol. The molecule has 1 N–H and O–H groups in total. The first-order valence-corrected chi connectivity index (χ1v) is 8.95. The van der Waals surface area contributed by atoms with Crippen molar-refractivity contribution in [3.63, 3.8) is 0 Å². The second kappa shape index (κ2) is 6.21. The van der Waals surface area contributed by atoms with E-state index in [0.29, 0.717) is 6.42 Å². The van der Waals surface area contributed by atoms with E-state index in [0.717, 1.165) is 49.9 Å². The molecule has 4 nitrogen and oxygen atoms in total. The summed E-state index contributed by atoms with van der Waals surface area (Å²) in [5.41, 5.74) is -0.187. The number of methoxy groups -OCH3 is 1. The minimum Gasteiger partial charge on any atom is -0.467 e. The highest BCUT2D eigenvalue weighted by Crippen LogP contribution is 2.60. The molecule has 0 aliphatic heterocycles. The molecule has 4 rings (SSSR count). The van der Waals surface area contributed by atoms with Gasteiger partial charge in [-0.05, 0) is 62.7 Å². The summed E-state index contributed by atoms with van der Waals surface area (Å²) in [4.78, 5) is 24.9. The minimum absolute atomic E-state index is 0.123. The summed E-state index contributed by atoms with van der Waals surface area (Å²) in [6, 6.07) is -0.467. The number of hydrogen-bond donors (Lipinski definition) is 1. The van der Waals surface area contributed by atoms with E-state index in [-0.39, 0.29) is 17.3 Å². The number of carbonyl (C=O) groups excluding carboxylic acids is 2. The molecule has 0 spiro atoms. The van der Waals surface area contributed by atoms with Crippen LogP contribution in [0.1, 0.15) is 64.7 Å². The predicted molar refractivity (Wildman–Crippen MR) is 84.1 cm³/mol. The number of ether oxygens (including phenoxy) is 1. The van der Waals surface area contributed by atoms with Gasteiger partial charge in [0.15, 0.2) is 0 Å². The topological polar surface area (TPSA) is 55.4 Å². The van der Waals surface area contributed by atoms with Crippen LogP contribution in [0.3, 0.4) is 0 Å². The van der Waals surface area contributed by atoms with Gasteiger partial charge in [-0.15, -0.1) is 0 Å². The molecule has 124 valence electrons. The van der Waals surface area contributed by atoms with Gasteiger partial charge in [-0.2, -0.15) is 0 Å². The molecule has 4 heteroatoms.